The van der Waals surface area contributed by atoms with Gasteiger partial charge in [0.15, 0.2) is 0 Å². The van der Waals surface area contributed by atoms with Crippen LogP contribution < -0.4 is 0 Å². The molecule has 122 valence electrons. The Bertz CT molecular complexity index is 593. The van der Waals surface area contributed by atoms with Gasteiger partial charge < -0.3 is 9.64 Å². The van der Waals surface area contributed by atoms with Crippen molar-refractivity contribution >= 4 is 5.91 Å². The molecule has 23 heavy (non-hydrogen) atoms. The quantitative estimate of drug-likeness (QED) is 0.859. The minimum atomic E-state index is 0.0224. The first-order chi connectivity index (χ1) is 11.3. The first-order valence-corrected chi connectivity index (χ1v) is 8.72. The van der Waals surface area contributed by atoms with Crippen LogP contribution in [0.3, 0.4) is 0 Å². The second-order valence-corrected chi connectivity index (χ2v) is 6.67. The predicted octanol–water partition coefficient (Wildman–Crippen LogP) is 2.41. The van der Waals surface area contributed by atoms with Gasteiger partial charge in [-0.2, -0.15) is 0 Å². The van der Waals surface area contributed by atoms with E-state index in [2.05, 4.69) is 23.1 Å². The lowest BCUT2D eigenvalue weighted by molar-refractivity contribution is -0.133. The van der Waals surface area contributed by atoms with E-state index < -0.39 is 0 Å². The number of ether oxygens (including phenoxy) is 1. The fourth-order valence-corrected chi connectivity index (χ4v) is 4.18. The fourth-order valence-electron chi connectivity index (χ4n) is 4.18. The summed E-state index contributed by atoms with van der Waals surface area (Å²) in [7, 11) is 0. The highest BCUT2D eigenvalue weighted by molar-refractivity contribution is 5.88. The molecule has 2 unspecified atom stereocenters. The van der Waals surface area contributed by atoms with Crippen LogP contribution in [0.2, 0.25) is 0 Å². The second kappa shape index (κ2) is 6.46. The molecule has 4 nitrogen and oxygen atoms in total. The van der Waals surface area contributed by atoms with E-state index in [1.54, 1.807) is 0 Å². The maximum atomic E-state index is 13.2. The van der Waals surface area contributed by atoms with Crippen molar-refractivity contribution in [1.82, 2.24) is 9.80 Å². The van der Waals surface area contributed by atoms with Crippen molar-refractivity contribution in [3.8, 4) is 0 Å². The van der Waals surface area contributed by atoms with E-state index >= 15 is 0 Å². The van der Waals surface area contributed by atoms with Crippen molar-refractivity contribution < 1.29 is 9.53 Å². The van der Waals surface area contributed by atoms with E-state index in [9.17, 15) is 4.79 Å². The number of benzene rings is 1. The summed E-state index contributed by atoms with van der Waals surface area (Å²) in [5.74, 6) is 0.659. The van der Waals surface area contributed by atoms with Gasteiger partial charge in [-0.25, -0.2) is 0 Å². The number of morpholine rings is 1. The molecular weight excluding hydrogens is 288 g/mol. The molecule has 4 heteroatoms. The summed E-state index contributed by atoms with van der Waals surface area (Å²) in [6.45, 7) is 3.93. The SMILES string of the molecule is O=C1C(N2CCOCC2)C2CCCC=C2N1Cc1ccccc1. The van der Waals surface area contributed by atoms with E-state index in [1.807, 2.05) is 23.1 Å². The van der Waals surface area contributed by atoms with Gasteiger partial charge in [0.2, 0.25) is 5.91 Å². The summed E-state index contributed by atoms with van der Waals surface area (Å²) in [5.41, 5.74) is 2.47. The highest BCUT2D eigenvalue weighted by atomic mass is 16.5. The number of rotatable bonds is 3. The van der Waals surface area contributed by atoms with Crippen molar-refractivity contribution in [2.45, 2.75) is 31.8 Å². The summed E-state index contributed by atoms with van der Waals surface area (Å²) >= 11 is 0. The topological polar surface area (TPSA) is 32.8 Å². The average Bonchev–Trinajstić information content (AvgIpc) is 2.89. The molecule has 3 aliphatic rings. The maximum absolute atomic E-state index is 13.2. The molecule has 2 fully saturated rings. The van der Waals surface area contributed by atoms with Crippen LogP contribution in [-0.4, -0.2) is 48.1 Å². The van der Waals surface area contributed by atoms with Gasteiger partial charge in [-0.05, 0) is 24.8 Å². The highest BCUT2D eigenvalue weighted by Crippen LogP contribution is 2.40. The number of fused-ring (bicyclic) bond motifs is 1. The standard InChI is InChI=1S/C19H24N2O2/c22-19-18(20-10-12-23-13-11-20)16-8-4-5-9-17(16)21(19)14-15-6-2-1-3-7-15/h1-3,6-7,9,16,18H,4-5,8,10-14H2. The fraction of sp³-hybridized carbons (Fsp3) is 0.526. The molecular formula is C19H24N2O2. The van der Waals surface area contributed by atoms with Crippen molar-refractivity contribution in [1.29, 1.82) is 0 Å². The molecule has 2 saturated heterocycles. The third-order valence-electron chi connectivity index (χ3n) is 5.29. The Morgan fingerprint density at radius 1 is 1.13 bits per heavy atom. The molecule has 0 radical (unpaired) electrons. The molecule has 0 aromatic heterocycles. The molecule has 1 amide bonds. The van der Waals surface area contributed by atoms with Crippen LogP contribution in [0.25, 0.3) is 0 Å². The van der Waals surface area contributed by atoms with E-state index in [-0.39, 0.29) is 11.9 Å². The summed E-state index contributed by atoms with van der Waals surface area (Å²) in [5, 5.41) is 0. The van der Waals surface area contributed by atoms with Crippen LogP contribution in [0, 0.1) is 5.92 Å². The Kier molecular flexibility index (Phi) is 4.19. The van der Waals surface area contributed by atoms with Crippen LogP contribution in [0.15, 0.2) is 42.1 Å². The zero-order valence-corrected chi connectivity index (χ0v) is 13.5. The average molecular weight is 312 g/mol. The number of hydrogen-bond acceptors (Lipinski definition) is 3. The van der Waals surface area contributed by atoms with Gasteiger partial charge in [-0.15, -0.1) is 0 Å². The minimum absolute atomic E-state index is 0.0224. The van der Waals surface area contributed by atoms with Crippen LogP contribution in [-0.2, 0) is 16.1 Å². The smallest absolute Gasteiger partial charge is 0.245 e. The number of likely N-dealkylation sites (tertiary alicyclic amines) is 1. The number of carbonyl (C=O) groups excluding carboxylic acids is 1. The Balaban J connectivity index is 1.61. The first kappa shape index (κ1) is 14.9. The van der Waals surface area contributed by atoms with Gasteiger partial charge in [0.1, 0.15) is 0 Å². The van der Waals surface area contributed by atoms with E-state index in [4.69, 9.17) is 4.74 Å². The summed E-state index contributed by atoms with van der Waals surface area (Å²) in [6.07, 6.45) is 5.72. The second-order valence-electron chi connectivity index (χ2n) is 6.67. The molecule has 4 rings (SSSR count). The van der Waals surface area contributed by atoms with Gasteiger partial charge in [0.05, 0.1) is 25.8 Å². The normalized spacial score (nSPS) is 28.6. The van der Waals surface area contributed by atoms with Crippen LogP contribution in [0.5, 0.6) is 0 Å². The Labute approximate surface area is 137 Å². The summed E-state index contributed by atoms with van der Waals surface area (Å²) < 4.78 is 5.47. The van der Waals surface area contributed by atoms with E-state index in [0.29, 0.717) is 12.5 Å². The lowest BCUT2D eigenvalue weighted by Gasteiger charge is -2.34. The molecule has 0 bridgehead atoms. The van der Waals surface area contributed by atoms with Gasteiger partial charge in [-0.1, -0.05) is 36.4 Å². The third-order valence-corrected chi connectivity index (χ3v) is 5.29. The van der Waals surface area contributed by atoms with Crippen LogP contribution in [0.1, 0.15) is 24.8 Å². The molecule has 2 atom stereocenters. The van der Waals surface area contributed by atoms with E-state index in [0.717, 1.165) is 39.1 Å². The Morgan fingerprint density at radius 3 is 2.70 bits per heavy atom. The van der Waals surface area contributed by atoms with Crippen molar-refractivity contribution in [2.75, 3.05) is 26.3 Å². The number of allylic oxidation sites excluding steroid dienone is 1. The zero-order valence-electron chi connectivity index (χ0n) is 13.5. The molecule has 2 heterocycles. The molecule has 0 N–H and O–H groups in total. The highest BCUT2D eigenvalue weighted by Gasteiger charge is 2.47. The third kappa shape index (κ3) is 2.81. The monoisotopic (exact) mass is 312 g/mol. The lowest BCUT2D eigenvalue weighted by Crippen LogP contribution is -2.49. The number of amides is 1. The lowest BCUT2D eigenvalue weighted by atomic mass is 9.88. The van der Waals surface area contributed by atoms with Crippen LogP contribution in [0.4, 0.5) is 0 Å². The van der Waals surface area contributed by atoms with Gasteiger partial charge in [-0.3, -0.25) is 9.69 Å². The summed E-state index contributed by atoms with van der Waals surface area (Å²) in [4.78, 5) is 17.6. The summed E-state index contributed by atoms with van der Waals surface area (Å²) in [6, 6.07) is 10.3. The number of carbonyl (C=O) groups is 1. The molecule has 1 aromatic rings. The molecule has 0 spiro atoms. The Hall–Kier alpha value is -1.65. The largest absolute Gasteiger partial charge is 0.379 e. The van der Waals surface area contributed by atoms with Crippen LogP contribution >= 0.6 is 0 Å². The minimum Gasteiger partial charge on any atom is -0.379 e. The molecule has 1 aliphatic carbocycles. The first-order valence-electron chi connectivity index (χ1n) is 8.72. The van der Waals surface area contributed by atoms with Crippen molar-refractivity contribution in [2.24, 2.45) is 5.92 Å². The van der Waals surface area contributed by atoms with E-state index in [1.165, 1.54) is 17.7 Å². The maximum Gasteiger partial charge on any atom is 0.245 e. The van der Waals surface area contributed by atoms with Crippen molar-refractivity contribution in [3.63, 3.8) is 0 Å². The molecule has 2 aliphatic heterocycles. The Morgan fingerprint density at radius 2 is 1.91 bits per heavy atom. The van der Waals surface area contributed by atoms with Gasteiger partial charge in [0.25, 0.3) is 0 Å². The van der Waals surface area contributed by atoms with Gasteiger partial charge >= 0.3 is 0 Å². The zero-order chi connectivity index (χ0) is 15.6. The predicted molar refractivity (Wildman–Crippen MR) is 88.6 cm³/mol. The molecule has 1 aromatic carbocycles. The van der Waals surface area contributed by atoms with Crippen molar-refractivity contribution in [3.05, 3.63) is 47.7 Å². The number of nitrogens with zero attached hydrogens (tertiary/aromatic N) is 2. The molecule has 0 saturated carbocycles. The number of hydrogen-bond donors (Lipinski definition) is 0. The van der Waals surface area contributed by atoms with Gasteiger partial charge in [0, 0.05) is 24.7 Å².